The lowest BCUT2D eigenvalue weighted by Gasteiger charge is -2.26. The Balaban J connectivity index is 1.54. The average molecular weight is 521 g/mol. The van der Waals surface area contributed by atoms with Gasteiger partial charge in [0.2, 0.25) is 0 Å². The van der Waals surface area contributed by atoms with Gasteiger partial charge in [-0.25, -0.2) is 9.69 Å². The molecule has 1 N–H and O–H groups in total. The molecule has 196 valence electrons. The number of barbiturate groups is 1. The van der Waals surface area contributed by atoms with E-state index in [2.05, 4.69) is 23.5 Å². The minimum atomic E-state index is -0.810. The summed E-state index contributed by atoms with van der Waals surface area (Å²) in [5.74, 6) is -0.355. The molecule has 5 rings (SSSR count). The number of imide groups is 2. The van der Waals surface area contributed by atoms with Crippen molar-refractivity contribution in [1.82, 2.24) is 5.32 Å². The van der Waals surface area contributed by atoms with E-state index < -0.39 is 17.8 Å². The number of benzene rings is 4. The lowest BCUT2D eigenvalue weighted by Crippen LogP contribution is -2.54. The van der Waals surface area contributed by atoms with Gasteiger partial charge in [0.05, 0.1) is 12.3 Å². The van der Waals surface area contributed by atoms with Crippen molar-refractivity contribution in [3.63, 3.8) is 0 Å². The van der Waals surface area contributed by atoms with Gasteiger partial charge in [0.15, 0.2) is 0 Å². The highest BCUT2D eigenvalue weighted by Crippen LogP contribution is 2.32. The fourth-order valence-electron chi connectivity index (χ4n) is 4.76. The molecule has 0 atom stereocenters. The monoisotopic (exact) mass is 520 g/mol. The molecule has 4 amide bonds. The Kier molecular flexibility index (Phi) is 7.14. The lowest BCUT2D eigenvalue weighted by molar-refractivity contribution is -0.122. The average Bonchev–Trinajstić information content (AvgIpc) is 2.90. The summed E-state index contributed by atoms with van der Waals surface area (Å²) in [6, 6.07) is 23.4. The number of carbonyl (C=O) groups excluding carboxylic acids is 3. The van der Waals surface area contributed by atoms with Gasteiger partial charge in [-0.3, -0.25) is 14.9 Å². The van der Waals surface area contributed by atoms with Gasteiger partial charge < -0.3 is 9.47 Å². The summed E-state index contributed by atoms with van der Waals surface area (Å²) in [4.78, 5) is 40.2. The Bertz CT molecular complexity index is 1600. The number of hydrogen-bond acceptors (Lipinski definition) is 5. The smallest absolute Gasteiger partial charge is 0.335 e. The molecule has 1 heterocycles. The summed E-state index contributed by atoms with van der Waals surface area (Å²) in [5.41, 5.74) is 4.02. The Morgan fingerprint density at radius 3 is 2.28 bits per heavy atom. The number of carbonyl (C=O) groups is 3. The Morgan fingerprint density at radius 1 is 0.846 bits per heavy atom. The SMILES string of the molecule is CCOc1ccc(N2C(=O)NC(=O)/C(=C\c3c(OCc4cc(C)cc(C)c4)ccc4ccccc34)C2=O)cc1. The predicted molar refractivity (Wildman–Crippen MR) is 151 cm³/mol. The van der Waals surface area contributed by atoms with Crippen molar-refractivity contribution in [2.24, 2.45) is 0 Å². The van der Waals surface area contributed by atoms with Crippen LogP contribution in [0.1, 0.15) is 29.2 Å². The fraction of sp³-hybridized carbons (Fsp3) is 0.156. The molecule has 1 aliphatic rings. The molecule has 4 aromatic rings. The molecule has 1 saturated heterocycles. The van der Waals surface area contributed by atoms with Crippen molar-refractivity contribution < 1.29 is 23.9 Å². The molecule has 1 aliphatic heterocycles. The number of fused-ring (bicyclic) bond motifs is 1. The fourth-order valence-corrected chi connectivity index (χ4v) is 4.76. The zero-order valence-electron chi connectivity index (χ0n) is 22.0. The van der Waals surface area contributed by atoms with Crippen LogP contribution in [0.2, 0.25) is 0 Å². The highest BCUT2D eigenvalue weighted by molar-refractivity contribution is 6.39. The second-order valence-corrected chi connectivity index (χ2v) is 9.37. The number of nitrogens with zero attached hydrogens (tertiary/aromatic N) is 1. The first kappa shape index (κ1) is 25.7. The van der Waals surface area contributed by atoms with E-state index >= 15 is 0 Å². The van der Waals surface area contributed by atoms with Crippen LogP contribution in [0.3, 0.4) is 0 Å². The summed E-state index contributed by atoms with van der Waals surface area (Å²) in [6.07, 6.45) is 1.50. The van der Waals surface area contributed by atoms with Crippen molar-refractivity contribution in [3.05, 3.63) is 107 Å². The van der Waals surface area contributed by atoms with Crippen molar-refractivity contribution in [3.8, 4) is 11.5 Å². The molecule has 1 fully saturated rings. The Labute approximate surface area is 226 Å². The molecule has 0 spiro atoms. The molecular formula is C32H28N2O5. The molecule has 0 radical (unpaired) electrons. The maximum Gasteiger partial charge on any atom is 0.335 e. The van der Waals surface area contributed by atoms with Crippen LogP contribution < -0.4 is 19.7 Å². The molecule has 0 aliphatic carbocycles. The van der Waals surface area contributed by atoms with Crippen molar-refractivity contribution in [2.45, 2.75) is 27.4 Å². The largest absolute Gasteiger partial charge is 0.494 e. The first-order valence-electron chi connectivity index (χ1n) is 12.7. The van der Waals surface area contributed by atoms with Crippen LogP contribution in [0.15, 0.2) is 84.4 Å². The molecule has 7 heteroatoms. The predicted octanol–water partition coefficient (Wildman–Crippen LogP) is 6.10. The van der Waals surface area contributed by atoms with E-state index in [-0.39, 0.29) is 5.57 Å². The summed E-state index contributed by atoms with van der Waals surface area (Å²) in [6.45, 7) is 6.74. The van der Waals surface area contributed by atoms with Crippen molar-refractivity contribution >= 4 is 40.4 Å². The molecule has 7 nitrogen and oxygen atoms in total. The highest BCUT2D eigenvalue weighted by Gasteiger charge is 2.37. The number of rotatable bonds is 7. The second kappa shape index (κ2) is 10.8. The number of nitrogens with one attached hydrogen (secondary N) is 1. The van der Waals surface area contributed by atoms with Crippen LogP contribution in [0, 0.1) is 13.8 Å². The van der Waals surface area contributed by atoms with Gasteiger partial charge in [0.1, 0.15) is 23.7 Å². The normalized spacial score (nSPS) is 14.6. The van der Waals surface area contributed by atoms with E-state index in [4.69, 9.17) is 9.47 Å². The zero-order valence-corrected chi connectivity index (χ0v) is 22.0. The summed E-state index contributed by atoms with van der Waals surface area (Å²) >= 11 is 0. The van der Waals surface area contributed by atoms with Gasteiger partial charge >= 0.3 is 6.03 Å². The van der Waals surface area contributed by atoms with E-state index in [9.17, 15) is 14.4 Å². The number of anilines is 1. The first-order chi connectivity index (χ1) is 18.8. The maximum atomic E-state index is 13.6. The van der Waals surface area contributed by atoms with Crippen LogP contribution in [0.25, 0.3) is 16.8 Å². The second-order valence-electron chi connectivity index (χ2n) is 9.37. The van der Waals surface area contributed by atoms with Crippen LogP contribution in [0.5, 0.6) is 11.5 Å². The molecule has 0 saturated carbocycles. The standard InChI is InChI=1S/C32H28N2O5/c1-4-38-25-12-10-24(11-13-25)34-31(36)28(30(35)33-32(34)37)18-27-26-8-6-5-7-23(26)9-14-29(27)39-19-22-16-20(2)15-21(3)17-22/h5-18H,4,19H2,1-3H3,(H,33,35,37)/b28-18+. The number of amides is 4. The topological polar surface area (TPSA) is 84.9 Å². The third kappa shape index (κ3) is 5.38. The van der Waals surface area contributed by atoms with Crippen LogP contribution in [-0.4, -0.2) is 24.5 Å². The molecule has 0 bridgehead atoms. The van der Waals surface area contributed by atoms with Gasteiger partial charge in [-0.1, -0.05) is 59.7 Å². The van der Waals surface area contributed by atoms with Crippen molar-refractivity contribution in [2.75, 3.05) is 11.5 Å². The molecule has 39 heavy (non-hydrogen) atoms. The highest BCUT2D eigenvalue weighted by atomic mass is 16.5. The van der Waals surface area contributed by atoms with E-state index in [1.807, 2.05) is 57.2 Å². The molecule has 0 unspecified atom stereocenters. The maximum absolute atomic E-state index is 13.6. The number of ether oxygens (including phenoxy) is 2. The first-order valence-corrected chi connectivity index (χ1v) is 12.7. The van der Waals surface area contributed by atoms with Crippen molar-refractivity contribution in [1.29, 1.82) is 0 Å². The van der Waals surface area contributed by atoms with E-state index in [1.165, 1.54) is 6.08 Å². The Morgan fingerprint density at radius 2 is 1.56 bits per heavy atom. The van der Waals surface area contributed by atoms with Gasteiger partial charge in [0, 0.05) is 5.56 Å². The third-order valence-corrected chi connectivity index (χ3v) is 6.40. The van der Waals surface area contributed by atoms with Gasteiger partial charge in [-0.2, -0.15) is 0 Å². The van der Waals surface area contributed by atoms with E-state index in [1.54, 1.807) is 24.3 Å². The van der Waals surface area contributed by atoms with Gasteiger partial charge in [-0.05, 0) is 73.5 Å². The number of hydrogen-bond donors (Lipinski definition) is 1. The zero-order chi connectivity index (χ0) is 27.5. The molecule has 4 aromatic carbocycles. The summed E-state index contributed by atoms with van der Waals surface area (Å²) in [7, 11) is 0. The summed E-state index contributed by atoms with van der Waals surface area (Å²) < 4.78 is 11.7. The van der Waals surface area contributed by atoms with Crippen LogP contribution in [0.4, 0.5) is 10.5 Å². The number of urea groups is 1. The minimum Gasteiger partial charge on any atom is -0.494 e. The summed E-state index contributed by atoms with van der Waals surface area (Å²) in [5, 5.41) is 4.03. The third-order valence-electron chi connectivity index (χ3n) is 6.40. The quantitative estimate of drug-likeness (QED) is 0.235. The molecule has 0 aromatic heterocycles. The van der Waals surface area contributed by atoms with E-state index in [0.717, 1.165) is 32.4 Å². The van der Waals surface area contributed by atoms with E-state index in [0.29, 0.717) is 36.0 Å². The lowest BCUT2D eigenvalue weighted by atomic mass is 9.99. The van der Waals surface area contributed by atoms with Crippen LogP contribution >= 0.6 is 0 Å². The van der Waals surface area contributed by atoms with Gasteiger partial charge in [0.25, 0.3) is 11.8 Å². The van der Waals surface area contributed by atoms with Crippen LogP contribution in [-0.2, 0) is 16.2 Å². The molecular weight excluding hydrogens is 492 g/mol. The Hall–Kier alpha value is -4.91. The van der Waals surface area contributed by atoms with Gasteiger partial charge in [-0.15, -0.1) is 0 Å². The number of aryl methyl sites for hydroxylation is 2. The minimum absolute atomic E-state index is 0.170.